The van der Waals surface area contributed by atoms with Gasteiger partial charge >= 0.3 is 29.6 Å². The Kier molecular flexibility index (Phi) is 23.0. The Balaban J connectivity index is 0. The van der Waals surface area contributed by atoms with Crippen LogP contribution in [0.3, 0.4) is 0 Å². The molecule has 0 aromatic heterocycles. The van der Waals surface area contributed by atoms with E-state index in [4.69, 9.17) is 27.7 Å². The first-order valence-corrected chi connectivity index (χ1v) is 14.0. The summed E-state index contributed by atoms with van der Waals surface area (Å²) in [6.07, 6.45) is 13.8. The summed E-state index contributed by atoms with van der Waals surface area (Å²) in [7, 11) is 0. The van der Waals surface area contributed by atoms with Crippen LogP contribution >= 0.6 is 0 Å². The van der Waals surface area contributed by atoms with Crippen molar-refractivity contribution in [3.8, 4) is 0 Å². The standard InChI is InChI=1S/C18H24.C15H15N9.N3.Na/c1-7-13-14(8-2)16(10-4)18(12-6)17(11-5)15(13)9-3;1-4-10-13(7-19-22-16)11(5-2)15(9-21-24-18)12(6-3)14(10)8-20-23-17;1-3-2;/h7,10-11H,1,4-5,8-9,12H2,2-3,6H3;4-6H,1-3,7-9H2;;/q;;-1;+1. The first kappa shape index (κ1) is 43.2. The van der Waals surface area contributed by atoms with Crippen molar-refractivity contribution in [3.63, 3.8) is 0 Å². The predicted molar refractivity (Wildman–Crippen MR) is 190 cm³/mol. The second-order valence-corrected chi connectivity index (χ2v) is 8.90. The molecule has 2 aromatic carbocycles. The van der Waals surface area contributed by atoms with E-state index in [9.17, 15) is 0 Å². The van der Waals surface area contributed by atoms with Crippen molar-refractivity contribution in [3.05, 3.63) is 154 Å². The summed E-state index contributed by atoms with van der Waals surface area (Å²) in [5, 5.41) is 10.8. The van der Waals surface area contributed by atoms with E-state index in [2.05, 4.69) is 90.3 Å². The Morgan fingerprint density at radius 1 is 0.435 bits per heavy atom. The van der Waals surface area contributed by atoms with E-state index in [1.54, 1.807) is 18.2 Å². The number of azide groups is 3. The Morgan fingerprint density at radius 3 is 0.739 bits per heavy atom. The molecule has 13 heteroatoms. The van der Waals surface area contributed by atoms with Gasteiger partial charge in [0.05, 0.1) is 19.6 Å². The number of nitrogens with zero attached hydrogens (tertiary/aromatic N) is 12. The molecule has 0 aliphatic carbocycles. The quantitative estimate of drug-likeness (QED) is 0.0784. The zero-order valence-corrected chi connectivity index (χ0v) is 29.3. The third-order valence-corrected chi connectivity index (χ3v) is 7.06. The summed E-state index contributed by atoms with van der Waals surface area (Å²) in [6, 6.07) is 0. The molecular formula is C33H39N12Na. The molecule has 0 amide bonds. The van der Waals surface area contributed by atoms with Crippen LogP contribution in [0, 0.1) is 0 Å². The summed E-state index contributed by atoms with van der Waals surface area (Å²) in [5.41, 5.74) is 51.4. The van der Waals surface area contributed by atoms with E-state index >= 15 is 0 Å². The van der Waals surface area contributed by atoms with E-state index in [-0.39, 0.29) is 49.2 Å². The molecule has 2 aromatic rings. The van der Waals surface area contributed by atoms with E-state index in [0.29, 0.717) is 33.4 Å². The first-order valence-electron chi connectivity index (χ1n) is 14.0. The smallest absolute Gasteiger partial charge is 0.373 e. The molecular weight excluding hydrogens is 587 g/mol. The van der Waals surface area contributed by atoms with Crippen LogP contribution in [0.5, 0.6) is 0 Å². The molecule has 0 saturated heterocycles. The van der Waals surface area contributed by atoms with Crippen LogP contribution in [0.1, 0.15) is 87.5 Å². The molecule has 2 rings (SSSR count). The van der Waals surface area contributed by atoms with Crippen LogP contribution in [-0.4, -0.2) is 0 Å². The van der Waals surface area contributed by atoms with Crippen molar-refractivity contribution >= 4 is 36.5 Å². The molecule has 0 atom stereocenters. The van der Waals surface area contributed by atoms with Crippen molar-refractivity contribution in [2.24, 2.45) is 15.3 Å². The minimum Gasteiger partial charge on any atom is -0.373 e. The molecule has 0 bridgehead atoms. The molecule has 0 aliphatic heterocycles. The maximum absolute atomic E-state index is 8.63. The van der Waals surface area contributed by atoms with Gasteiger partial charge in [0.1, 0.15) is 0 Å². The summed E-state index contributed by atoms with van der Waals surface area (Å²) in [4.78, 5) is 9.84. The summed E-state index contributed by atoms with van der Waals surface area (Å²) in [5.74, 6) is 0. The molecule has 0 unspecified atom stereocenters. The number of hydrogen-bond acceptors (Lipinski definition) is 3. The Hall–Kier alpha value is -4.88. The normalized spacial score (nSPS) is 8.85. The van der Waals surface area contributed by atoms with Gasteiger partial charge in [-0.05, 0) is 103 Å². The first-order chi connectivity index (χ1) is 21.8. The molecule has 0 saturated carbocycles. The summed E-state index contributed by atoms with van der Waals surface area (Å²) >= 11 is 0. The van der Waals surface area contributed by atoms with Crippen LogP contribution in [0.4, 0.5) is 0 Å². The number of benzene rings is 2. The number of hydrogen-bond donors (Lipinski definition) is 0. The summed E-state index contributed by atoms with van der Waals surface area (Å²) in [6.45, 7) is 30.1. The zero-order chi connectivity index (χ0) is 34.4. The van der Waals surface area contributed by atoms with Gasteiger partial charge in [0.25, 0.3) is 0 Å². The summed E-state index contributed by atoms with van der Waals surface area (Å²) < 4.78 is 0. The van der Waals surface area contributed by atoms with E-state index in [0.717, 1.165) is 19.3 Å². The fourth-order valence-electron chi connectivity index (χ4n) is 5.40. The molecule has 46 heavy (non-hydrogen) atoms. The Morgan fingerprint density at radius 2 is 0.609 bits per heavy atom. The largest absolute Gasteiger partial charge is 1.00 e. The van der Waals surface area contributed by atoms with Crippen LogP contribution in [0.25, 0.3) is 83.8 Å². The van der Waals surface area contributed by atoms with Gasteiger partial charge < -0.3 is 11.1 Å². The molecule has 0 aliphatic rings. The van der Waals surface area contributed by atoms with Gasteiger partial charge in [-0.1, -0.05) is 112 Å². The average Bonchev–Trinajstić information content (AvgIpc) is 3.07. The molecule has 0 N–H and O–H groups in total. The van der Waals surface area contributed by atoms with E-state index < -0.39 is 0 Å². The van der Waals surface area contributed by atoms with Crippen molar-refractivity contribution in [2.45, 2.75) is 59.7 Å². The molecule has 232 valence electrons. The van der Waals surface area contributed by atoms with Crippen LogP contribution in [-0.2, 0) is 38.9 Å². The van der Waals surface area contributed by atoms with Gasteiger partial charge in [-0.3, -0.25) is 4.91 Å². The molecule has 0 fully saturated rings. The SMILES string of the molecule is C=Cc1c(CC)c(C=C)c(CC)c(C=C)c1CC.C=Cc1c(CN=[N+]=[N-])c(C=C)c(CN=[N+]=[N-])c(C=C)c1CN=[N+]=[N-].[N-]=[N+]=[N-].[Na+]. The van der Waals surface area contributed by atoms with Crippen molar-refractivity contribution in [2.75, 3.05) is 0 Å². The maximum atomic E-state index is 8.63. The van der Waals surface area contributed by atoms with Crippen molar-refractivity contribution < 1.29 is 29.6 Å². The fraction of sp³-hybridized carbons (Fsp3) is 0.273. The van der Waals surface area contributed by atoms with Gasteiger partial charge in [-0.25, -0.2) is 0 Å². The zero-order valence-electron chi connectivity index (χ0n) is 27.3. The fourth-order valence-corrected chi connectivity index (χ4v) is 5.40. The monoisotopic (exact) mass is 626 g/mol. The van der Waals surface area contributed by atoms with Crippen molar-refractivity contribution in [1.29, 1.82) is 0 Å². The Bertz CT molecular complexity index is 1410. The second-order valence-electron chi connectivity index (χ2n) is 8.90. The molecule has 0 radical (unpaired) electrons. The Labute approximate surface area is 293 Å². The molecule has 0 spiro atoms. The van der Waals surface area contributed by atoms with E-state index in [1.807, 2.05) is 18.2 Å². The molecule has 0 heterocycles. The maximum Gasteiger partial charge on any atom is 1.00 e. The third-order valence-electron chi connectivity index (χ3n) is 7.06. The van der Waals surface area contributed by atoms with Crippen molar-refractivity contribution in [1.82, 2.24) is 0 Å². The van der Waals surface area contributed by atoms with Gasteiger partial charge in [-0.2, -0.15) is 0 Å². The third kappa shape index (κ3) is 10.6. The molecule has 12 nitrogen and oxygen atoms in total. The number of rotatable bonds is 15. The van der Waals surface area contributed by atoms with Gasteiger partial charge in [0, 0.05) is 14.7 Å². The second kappa shape index (κ2) is 24.4. The minimum absolute atomic E-state index is 0. The van der Waals surface area contributed by atoms with Gasteiger partial charge in [0.2, 0.25) is 0 Å². The van der Waals surface area contributed by atoms with Crippen LogP contribution in [0.15, 0.2) is 54.8 Å². The van der Waals surface area contributed by atoms with Crippen LogP contribution in [0.2, 0.25) is 0 Å². The van der Waals surface area contributed by atoms with Gasteiger partial charge in [0.15, 0.2) is 0 Å². The average molecular weight is 627 g/mol. The topological polar surface area (TPSA) is 205 Å². The van der Waals surface area contributed by atoms with E-state index in [1.165, 1.54) is 38.3 Å². The van der Waals surface area contributed by atoms with Gasteiger partial charge in [-0.15, -0.1) is 0 Å². The predicted octanol–water partition coefficient (Wildman–Crippen LogP) is 9.22. The minimum atomic E-state index is 0. The van der Waals surface area contributed by atoms with Crippen LogP contribution < -0.4 is 29.6 Å².